The van der Waals surface area contributed by atoms with Gasteiger partial charge < -0.3 is 10.5 Å². The summed E-state index contributed by atoms with van der Waals surface area (Å²) in [6.45, 7) is 4.78. The van der Waals surface area contributed by atoms with Crippen LogP contribution in [0, 0.1) is 0 Å². The van der Waals surface area contributed by atoms with Crippen LogP contribution in [-0.2, 0) is 4.74 Å². The van der Waals surface area contributed by atoms with Crippen molar-refractivity contribution in [2.45, 2.75) is 0 Å². The fraction of sp³-hybridized carbons (Fsp3) is 0.385. The SMILES string of the molecule is Nc1ccc(/C=C/CN2CCOCC2)cc1. The third-order valence-electron chi connectivity index (χ3n) is 2.71. The summed E-state index contributed by atoms with van der Waals surface area (Å²) in [7, 11) is 0. The number of nitrogens with two attached hydrogens (primary N) is 1. The topological polar surface area (TPSA) is 38.5 Å². The van der Waals surface area contributed by atoms with Gasteiger partial charge in [0.2, 0.25) is 0 Å². The number of morpholine rings is 1. The first kappa shape index (κ1) is 11.2. The predicted octanol–water partition coefficient (Wildman–Crippen LogP) is 1.61. The van der Waals surface area contributed by atoms with Crippen molar-refractivity contribution < 1.29 is 4.74 Å². The number of rotatable bonds is 3. The molecule has 3 heteroatoms. The minimum atomic E-state index is 0.810. The van der Waals surface area contributed by atoms with E-state index in [2.05, 4.69) is 17.1 Å². The molecule has 0 amide bonds. The van der Waals surface area contributed by atoms with Crippen molar-refractivity contribution in [2.75, 3.05) is 38.6 Å². The van der Waals surface area contributed by atoms with Crippen LogP contribution >= 0.6 is 0 Å². The lowest BCUT2D eigenvalue weighted by Crippen LogP contribution is -2.36. The van der Waals surface area contributed by atoms with Crippen LogP contribution in [0.2, 0.25) is 0 Å². The van der Waals surface area contributed by atoms with E-state index in [1.54, 1.807) is 0 Å². The zero-order valence-corrected chi connectivity index (χ0v) is 9.43. The van der Waals surface area contributed by atoms with E-state index in [1.807, 2.05) is 24.3 Å². The number of ether oxygens (including phenoxy) is 1. The normalized spacial score (nSPS) is 18.0. The van der Waals surface area contributed by atoms with Crippen molar-refractivity contribution >= 4 is 11.8 Å². The molecular formula is C13H18N2O. The van der Waals surface area contributed by atoms with E-state index in [0.29, 0.717) is 0 Å². The van der Waals surface area contributed by atoms with Crippen molar-refractivity contribution in [2.24, 2.45) is 0 Å². The molecule has 1 aliphatic rings. The monoisotopic (exact) mass is 218 g/mol. The fourth-order valence-electron chi connectivity index (χ4n) is 1.73. The molecule has 1 fully saturated rings. The molecule has 2 rings (SSSR count). The maximum absolute atomic E-state index is 5.63. The van der Waals surface area contributed by atoms with E-state index in [-0.39, 0.29) is 0 Å². The van der Waals surface area contributed by atoms with Crippen molar-refractivity contribution in [1.29, 1.82) is 0 Å². The smallest absolute Gasteiger partial charge is 0.0594 e. The maximum Gasteiger partial charge on any atom is 0.0594 e. The highest BCUT2D eigenvalue weighted by Gasteiger charge is 2.07. The Morgan fingerprint density at radius 3 is 2.56 bits per heavy atom. The first-order chi connectivity index (χ1) is 7.84. The Kier molecular flexibility index (Phi) is 3.97. The molecule has 0 aliphatic carbocycles. The largest absolute Gasteiger partial charge is 0.399 e. The number of hydrogen-bond donors (Lipinski definition) is 1. The standard InChI is InChI=1S/C13H18N2O/c14-13-5-3-12(4-6-13)2-1-7-15-8-10-16-11-9-15/h1-6H,7-11,14H2/b2-1+. The molecule has 86 valence electrons. The molecule has 0 unspecified atom stereocenters. The van der Waals surface area contributed by atoms with Crippen LogP contribution < -0.4 is 5.73 Å². The summed E-state index contributed by atoms with van der Waals surface area (Å²) >= 11 is 0. The highest BCUT2D eigenvalue weighted by atomic mass is 16.5. The second-order valence-corrected chi connectivity index (χ2v) is 3.98. The van der Waals surface area contributed by atoms with Gasteiger partial charge in [-0.1, -0.05) is 24.3 Å². The number of nitrogens with zero attached hydrogens (tertiary/aromatic N) is 1. The van der Waals surface area contributed by atoms with E-state index >= 15 is 0 Å². The van der Waals surface area contributed by atoms with Gasteiger partial charge >= 0.3 is 0 Å². The van der Waals surface area contributed by atoms with Gasteiger partial charge in [0.25, 0.3) is 0 Å². The second kappa shape index (κ2) is 5.68. The number of nitrogen functional groups attached to an aromatic ring is 1. The van der Waals surface area contributed by atoms with Gasteiger partial charge in [-0.05, 0) is 17.7 Å². The van der Waals surface area contributed by atoms with E-state index in [4.69, 9.17) is 10.5 Å². The lowest BCUT2D eigenvalue weighted by atomic mass is 10.2. The molecule has 1 aliphatic heterocycles. The van der Waals surface area contributed by atoms with Crippen LogP contribution in [-0.4, -0.2) is 37.7 Å². The number of hydrogen-bond acceptors (Lipinski definition) is 3. The van der Waals surface area contributed by atoms with Crippen LogP contribution in [0.15, 0.2) is 30.3 Å². The Balaban J connectivity index is 1.82. The van der Waals surface area contributed by atoms with E-state index in [9.17, 15) is 0 Å². The summed E-state index contributed by atoms with van der Waals surface area (Å²) < 4.78 is 5.30. The molecule has 0 bridgehead atoms. The zero-order valence-electron chi connectivity index (χ0n) is 9.43. The molecule has 16 heavy (non-hydrogen) atoms. The Morgan fingerprint density at radius 2 is 1.88 bits per heavy atom. The molecule has 3 nitrogen and oxygen atoms in total. The van der Waals surface area contributed by atoms with E-state index in [0.717, 1.165) is 38.5 Å². The maximum atomic E-state index is 5.63. The van der Waals surface area contributed by atoms with Gasteiger partial charge in [-0.2, -0.15) is 0 Å². The first-order valence-electron chi connectivity index (χ1n) is 5.67. The molecule has 0 saturated carbocycles. The van der Waals surface area contributed by atoms with Gasteiger partial charge in [0.1, 0.15) is 0 Å². The van der Waals surface area contributed by atoms with Crippen LogP contribution in [0.1, 0.15) is 5.56 Å². The van der Waals surface area contributed by atoms with E-state index < -0.39 is 0 Å². The summed E-state index contributed by atoms with van der Waals surface area (Å²) in [5.74, 6) is 0. The molecule has 0 spiro atoms. The van der Waals surface area contributed by atoms with Gasteiger partial charge in [0, 0.05) is 25.3 Å². The highest BCUT2D eigenvalue weighted by Crippen LogP contribution is 2.07. The second-order valence-electron chi connectivity index (χ2n) is 3.98. The lowest BCUT2D eigenvalue weighted by molar-refractivity contribution is 0.0435. The van der Waals surface area contributed by atoms with Crippen molar-refractivity contribution in [3.8, 4) is 0 Å². The quantitative estimate of drug-likeness (QED) is 0.783. The van der Waals surface area contributed by atoms with Gasteiger partial charge in [0.15, 0.2) is 0 Å². The third kappa shape index (κ3) is 3.36. The fourth-order valence-corrected chi connectivity index (χ4v) is 1.73. The minimum Gasteiger partial charge on any atom is -0.399 e. The van der Waals surface area contributed by atoms with Crippen LogP contribution in [0.25, 0.3) is 6.08 Å². The molecular weight excluding hydrogens is 200 g/mol. The molecule has 1 heterocycles. The van der Waals surface area contributed by atoms with Crippen LogP contribution in [0.3, 0.4) is 0 Å². The summed E-state index contributed by atoms with van der Waals surface area (Å²) in [6.07, 6.45) is 4.33. The lowest BCUT2D eigenvalue weighted by Gasteiger charge is -2.25. The highest BCUT2D eigenvalue weighted by molar-refractivity contribution is 5.53. The van der Waals surface area contributed by atoms with Gasteiger partial charge in [-0.15, -0.1) is 0 Å². The van der Waals surface area contributed by atoms with Crippen molar-refractivity contribution in [3.05, 3.63) is 35.9 Å². The molecule has 2 N–H and O–H groups in total. The Bertz CT molecular complexity index is 339. The predicted molar refractivity (Wildman–Crippen MR) is 67.1 cm³/mol. The molecule has 1 aromatic carbocycles. The third-order valence-corrected chi connectivity index (χ3v) is 2.71. The molecule has 0 atom stereocenters. The zero-order chi connectivity index (χ0) is 11.2. The van der Waals surface area contributed by atoms with Crippen molar-refractivity contribution in [1.82, 2.24) is 4.90 Å². The molecule has 1 aromatic rings. The molecule has 1 saturated heterocycles. The average Bonchev–Trinajstić information content (AvgIpc) is 2.33. The Labute approximate surface area is 96.5 Å². The summed E-state index contributed by atoms with van der Waals surface area (Å²) in [4.78, 5) is 2.39. The average molecular weight is 218 g/mol. The van der Waals surface area contributed by atoms with Crippen molar-refractivity contribution in [3.63, 3.8) is 0 Å². The van der Waals surface area contributed by atoms with E-state index in [1.165, 1.54) is 5.56 Å². The van der Waals surface area contributed by atoms with Gasteiger partial charge in [-0.25, -0.2) is 0 Å². The molecule has 0 radical (unpaired) electrons. The first-order valence-corrected chi connectivity index (χ1v) is 5.67. The summed E-state index contributed by atoms with van der Waals surface area (Å²) in [6, 6.07) is 7.92. The van der Waals surface area contributed by atoms with Gasteiger partial charge in [-0.3, -0.25) is 4.90 Å². The Morgan fingerprint density at radius 1 is 1.19 bits per heavy atom. The molecule has 0 aromatic heterocycles. The van der Waals surface area contributed by atoms with Crippen LogP contribution in [0.4, 0.5) is 5.69 Å². The number of anilines is 1. The number of benzene rings is 1. The Hall–Kier alpha value is -1.32. The summed E-state index contributed by atoms with van der Waals surface area (Å²) in [5, 5.41) is 0. The van der Waals surface area contributed by atoms with Crippen LogP contribution in [0.5, 0.6) is 0 Å². The minimum absolute atomic E-state index is 0.810. The summed E-state index contributed by atoms with van der Waals surface area (Å²) in [5.41, 5.74) is 7.63. The van der Waals surface area contributed by atoms with Gasteiger partial charge in [0.05, 0.1) is 13.2 Å².